The van der Waals surface area contributed by atoms with Gasteiger partial charge in [-0.3, -0.25) is 9.78 Å². The SMILES string of the molecule is CCOC(=O)C(CNC(=O)[N+]1(c2ccncc2)CCCCC1)NS(=O)(=O)c1ccc2ccccc2c1. The molecule has 9 nitrogen and oxygen atoms in total. The number of nitrogens with zero attached hydrogens (tertiary/aromatic N) is 2. The zero-order valence-corrected chi connectivity index (χ0v) is 21.0. The Morgan fingerprint density at radius 1 is 1.00 bits per heavy atom. The van der Waals surface area contributed by atoms with Crippen LogP contribution in [0.15, 0.2) is 71.9 Å². The minimum atomic E-state index is -4.07. The van der Waals surface area contributed by atoms with E-state index in [1.807, 2.05) is 36.4 Å². The summed E-state index contributed by atoms with van der Waals surface area (Å²) in [5, 5.41) is 4.48. The highest BCUT2D eigenvalue weighted by Gasteiger charge is 2.41. The predicted molar refractivity (Wildman–Crippen MR) is 138 cm³/mol. The van der Waals surface area contributed by atoms with E-state index in [-0.39, 0.29) is 28.6 Å². The first-order valence-corrected chi connectivity index (χ1v) is 13.6. The van der Waals surface area contributed by atoms with E-state index >= 15 is 0 Å². The Morgan fingerprint density at radius 3 is 2.39 bits per heavy atom. The van der Waals surface area contributed by atoms with Crippen LogP contribution in [0.2, 0.25) is 0 Å². The normalized spacial score (nSPS) is 16.2. The Kier molecular flexibility index (Phi) is 7.97. The van der Waals surface area contributed by atoms with E-state index in [1.165, 1.54) is 6.07 Å². The molecule has 1 aliphatic rings. The van der Waals surface area contributed by atoms with Gasteiger partial charge in [-0.15, -0.1) is 0 Å². The van der Waals surface area contributed by atoms with Gasteiger partial charge in [0.1, 0.15) is 11.7 Å². The number of benzene rings is 2. The second-order valence-corrected chi connectivity index (χ2v) is 10.5. The van der Waals surface area contributed by atoms with Crippen molar-refractivity contribution >= 4 is 38.5 Å². The van der Waals surface area contributed by atoms with Gasteiger partial charge in [0.15, 0.2) is 0 Å². The minimum Gasteiger partial charge on any atom is -0.465 e. The van der Waals surface area contributed by atoms with E-state index < -0.39 is 22.0 Å². The monoisotopic (exact) mass is 511 g/mol. The van der Waals surface area contributed by atoms with E-state index in [4.69, 9.17) is 4.74 Å². The maximum atomic E-state index is 13.5. The highest BCUT2D eigenvalue weighted by atomic mass is 32.2. The molecular formula is C26H31N4O5S+. The van der Waals surface area contributed by atoms with Gasteiger partial charge in [0, 0.05) is 24.5 Å². The van der Waals surface area contributed by atoms with Gasteiger partial charge in [0.2, 0.25) is 10.0 Å². The summed E-state index contributed by atoms with van der Waals surface area (Å²) < 4.78 is 34.0. The number of likely N-dealkylation sites (tertiary alicyclic amines) is 1. The molecule has 2 N–H and O–H groups in total. The number of quaternary nitrogens is 1. The van der Waals surface area contributed by atoms with Crippen LogP contribution in [0.3, 0.4) is 0 Å². The molecule has 2 aromatic carbocycles. The number of rotatable bonds is 8. The Bertz CT molecular complexity index is 1320. The summed E-state index contributed by atoms with van der Waals surface area (Å²) in [4.78, 5) is 30.3. The third-order valence-electron chi connectivity index (χ3n) is 6.48. The second-order valence-electron chi connectivity index (χ2n) is 8.80. The molecule has 0 saturated carbocycles. The number of pyridine rings is 1. The molecule has 1 saturated heterocycles. The number of carbonyl (C=O) groups is 2. The van der Waals surface area contributed by atoms with Crippen molar-refractivity contribution in [3.8, 4) is 0 Å². The molecule has 0 bridgehead atoms. The van der Waals surface area contributed by atoms with E-state index in [0.29, 0.717) is 13.1 Å². The Hall–Kier alpha value is -3.34. The van der Waals surface area contributed by atoms with Crippen molar-refractivity contribution in [2.24, 2.45) is 0 Å². The number of piperidine rings is 1. The van der Waals surface area contributed by atoms with Crippen molar-refractivity contribution in [2.45, 2.75) is 37.1 Å². The molecule has 0 spiro atoms. The van der Waals surface area contributed by atoms with Crippen molar-refractivity contribution in [3.63, 3.8) is 0 Å². The number of aromatic nitrogens is 1. The lowest BCUT2D eigenvalue weighted by atomic mass is 10.1. The van der Waals surface area contributed by atoms with Crippen molar-refractivity contribution in [1.29, 1.82) is 0 Å². The molecule has 1 unspecified atom stereocenters. The van der Waals surface area contributed by atoms with Gasteiger partial charge in [-0.05, 0) is 49.1 Å². The molecule has 1 fully saturated rings. The van der Waals surface area contributed by atoms with Gasteiger partial charge in [0.25, 0.3) is 0 Å². The summed E-state index contributed by atoms with van der Waals surface area (Å²) in [5.74, 6) is -0.753. The number of sulfonamides is 1. The molecule has 190 valence electrons. The van der Waals surface area contributed by atoms with Crippen molar-refractivity contribution in [3.05, 3.63) is 67.0 Å². The number of nitrogens with one attached hydrogen (secondary N) is 2. The maximum absolute atomic E-state index is 13.5. The zero-order valence-electron chi connectivity index (χ0n) is 20.2. The molecule has 1 aliphatic heterocycles. The summed E-state index contributed by atoms with van der Waals surface area (Å²) in [5.41, 5.74) is 0.812. The van der Waals surface area contributed by atoms with Gasteiger partial charge in [-0.2, -0.15) is 4.72 Å². The number of amides is 2. The fraction of sp³-hybridized carbons (Fsp3) is 0.346. The summed E-state index contributed by atoms with van der Waals surface area (Å²) in [6.45, 7) is 2.71. The zero-order chi connectivity index (χ0) is 25.6. The number of hydrogen-bond acceptors (Lipinski definition) is 6. The smallest absolute Gasteiger partial charge is 0.421 e. The van der Waals surface area contributed by atoms with Gasteiger partial charge in [-0.25, -0.2) is 17.7 Å². The average molecular weight is 512 g/mol. The number of hydrogen-bond donors (Lipinski definition) is 2. The third kappa shape index (κ3) is 5.56. The first-order valence-electron chi connectivity index (χ1n) is 12.1. The molecular weight excluding hydrogens is 480 g/mol. The van der Waals surface area contributed by atoms with E-state index in [9.17, 15) is 18.0 Å². The molecule has 1 atom stereocenters. The topological polar surface area (TPSA) is 114 Å². The highest BCUT2D eigenvalue weighted by molar-refractivity contribution is 7.89. The van der Waals surface area contributed by atoms with Crippen molar-refractivity contribution < 1.29 is 22.7 Å². The van der Waals surface area contributed by atoms with Gasteiger partial charge in [0.05, 0.1) is 31.1 Å². The second kappa shape index (κ2) is 11.2. The lowest BCUT2D eigenvalue weighted by molar-refractivity contribution is -0.144. The summed E-state index contributed by atoms with van der Waals surface area (Å²) in [6.07, 6.45) is 6.10. The molecule has 36 heavy (non-hydrogen) atoms. The molecule has 4 rings (SSSR count). The first kappa shape index (κ1) is 25.7. The summed E-state index contributed by atoms with van der Waals surface area (Å²) in [7, 11) is -4.07. The van der Waals surface area contributed by atoms with Crippen LogP contribution >= 0.6 is 0 Å². The number of urea groups is 1. The van der Waals surface area contributed by atoms with Crippen LogP contribution in [0.5, 0.6) is 0 Å². The van der Waals surface area contributed by atoms with Crippen LogP contribution in [0.4, 0.5) is 10.5 Å². The Morgan fingerprint density at radius 2 is 1.69 bits per heavy atom. The summed E-state index contributed by atoms with van der Waals surface area (Å²) >= 11 is 0. The number of esters is 1. The van der Waals surface area contributed by atoms with Crippen LogP contribution in [0.1, 0.15) is 26.2 Å². The van der Waals surface area contributed by atoms with Crippen LogP contribution in [0.25, 0.3) is 10.8 Å². The average Bonchev–Trinajstić information content (AvgIpc) is 2.91. The minimum absolute atomic E-state index is 0.0261. The quantitative estimate of drug-likeness (QED) is 0.354. The lowest BCUT2D eigenvalue weighted by Gasteiger charge is -2.38. The van der Waals surface area contributed by atoms with Gasteiger partial charge in [-0.1, -0.05) is 30.3 Å². The third-order valence-corrected chi connectivity index (χ3v) is 7.95. The highest BCUT2D eigenvalue weighted by Crippen LogP contribution is 2.28. The predicted octanol–water partition coefficient (Wildman–Crippen LogP) is 3.35. The molecule has 2 heterocycles. The maximum Gasteiger partial charge on any atom is 0.421 e. The molecule has 0 radical (unpaired) electrons. The van der Waals surface area contributed by atoms with E-state index in [1.54, 1.807) is 31.5 Å². The summed E-state index contributed by atoms with van der Waals surface area (Å²) in [6, 6.07) is 14.2. The van der Waals surface area contributed by atoms with Gasteiger partial charge < -0.3 is 10.1 Å². The van der Waals surface area contributed by atoms with E-state index in [2.05, 4.69) is 15.0 Å². The lowest BCUT2D eigenvalue weighted by Crippen LogP contribution is -2.63. The fourth-order valence-corrected chi connectivity index (χ4v) is 5.83. The number of fused-ring (bicyclic) bond motifs is 1. The van der Waals surface area contributed by atoms with Crippen LogP contribution in [-0.4, -0.2) is 57.7 Å². The molecule has 3 aromatic rings. The Balaban J connectivity index is 1.55. The molecule has 2 amide bonds. The Labute approximate surface area is 211 Å². The molecule has 1 aromatic heterocycles. The fourth-order valence-electron chi connectivity index (χ4n) is 4.61. The van der Waals surface area contributed by atoms with Crippen molar-refractivity contribution in [2.75, 3.05) is 26.2 Å². The number of carbonyl (C=O) groups excluding carboxylic acids is 2. The first-order chi connectivity index (χ1) is 17.4. The number of ether oxygens (including phenoxy) is 1. The molecule has 10 heteroatoms. The van der Waals surface area contributed by atoms with E-state index in [0.717, 1.165) is 35.7 Å². The van der Waals surface area contributed by atoms with Crippen LogP contribution in [0, 0.1) is 0 Å². The largest absolute Gasteiger partial charge is 0.465 e. The molecule has 0 aliphatic carbocycles. The van der Waals surface area contributed by atoms with Gasteiger partial charge >= 0.3 is 12.0 Å². The standard InChI is InChI=1S/C26H30N4O5S/c1-2-35-25(31)24(29-36(33,34)23-11-10-20-8-4-5-9-21(20)18-23)19-28-26(32)30(16-6-3-7-17-30)22-12-14-27-15-13-22/h4-5,8-15,18,24,29H,2-3,6-7,16-17,19H2,1H3/p+1. The van der Waals surface area contributed by atoms with Crippen LogP contribution in [-0.2, 0) is 19.6 Å². The van der Waals surface area contributed by atoms with Crippen molar-refractivity contribution in [1.82, 2.24) is 19.5 Å². The van der Waals surface area contributed by atoms with Crippen LogP contribution < -0.4 is 14.5 Å².